The van der Waals surface area contributed by atoms with Crippen molar-refractivity contribution in [3.63, 3.8) is 0 Å². The summed E-state index contributed by atoms with van der Waals surface area (Å²) in [6.07, 6.45) is 12.7. The van der Waals surface area contributed by atoms with Crippen molar-refractivity contribution in [2.75, 3.05) is 11.9 Å². The highest BCUT2D eigenvalue weighted by molar-refractivity contribution is 6.30. The van der Waals surface area contributed by atoms with Crippen molar-refractivity contribution in [3.8, 4) is 0 Å². The number of hydrogen-bond donors (Lipinski definition) is 2. The standard InChI is InChI=1S/C20H26ClFN2/c1-13(12-23)7-8-15-9-16-10-17(21)11-18(22)20(16)24-19(15)14-5-3-2-4-6-14/h2-5,10-11,13-15,19,24H,6-9,12,23H2,1H3/t13-,14-,15-,19?/m1/s1. The third-order valence-electron chi connectivity index (χ3n) is 5.35. The molecule has 0 bridgehead atoms. The minimum atomic E-state index is -0.244. The van der Waals surface area contributed by atoms with E-state index in [1.165, 1.54) is 6.07 Å². The molecule has 0 radical (unpaired) electrons. The highest BCUT2D eigenvalue weighted by atomic mass is 35.5. The summed E-state index contributed by atoms with van der Waals surface area (Å²) in [7, 11) is 0. The van der Waals surface area contributed by atoms with Gasteiger partial charge in [-0.2, -0.15) is 0 Å². The van der Waals surface area contributed by atoms with E-state index in [2.05, 4.69) is 36.5 Å². The molecular weight excluding hydrogens is 323 g/mol. The van der Waals surface area contributed by atoms with Gasteiger partial charge in [-0.05, 0) is 61.8 Å². The summed E-state index contributed by atoms with van der Waals surface area (Å²) in [5, 5.41) is 3.98. The van der Waals surface area contributed by atoms with E-state index in [0.717, 1.165) is 31.2 Å². The van der Waals surface area contributed by atoms with Gasteiger partial charge in [0.15, 0.2) is 0 Å². The fourth-order valence-electron chi connectivity index (χ4n) is 3.86. The molecule has 0 saturated heterocycles. The van der Waals surface area contributed by atoms with Crippen LogP contribution in [-0.4, -0.2) is 12.6 Å². The summed E-state index contributed by atoms with van der Waals surface area (Å²) < 4.78 is 14.4. The summed E-state index contributed by atoms with van der Waals surface area (Å²) >= 11 is 6.06. The van der Waals surface area contributed by atoms with E-state index >= 15 is 0 Å². The van der Waals surface area contributed by atoms with Gasteiger partial charge in [0.1, 0.15) is 5.82 Å². The molecule has 1 aromatic rings. The topological polar surface area (TPSA) is 38.0 Å². The second kappa shape index (κ2) is 7.71. The maximum Gasteiger partial charge on any atom is 0.148 e. The molecule has 1 aromatic carbocycles. The molecule has 24 heavy (non-hydrogen) atoms. The highest BCUT2D eigenvalue weighted by Gasteiger charge is 2.34. The summed E-state index contributed by atoms with van der Waals surface area (Å²) in [5.41, 5.74) is 7.41. The normalized spacial score (nSPS) is 26.8. The van der Waals surface area contributed by atoms with Gasteiger partial charge in [-0.15, -0.1) is 0 Å². The molecule has 1 aliphatic carbocycles. The van der Waals surface area contributed by atoms with Crippen LogP contribution in [0.15, 0.2) is 36.4 Å². The van der Waals surface area contributed by atoms with E-state index in [0.29, 0.717) is 35.0 Å². The maximum absolute atomic E-state index is 14.4. The van der Waals surface area contributed by atoms with E-state index in [1.54, 1.807) is 0 Å². The highest BCUT2D eigenvalue weighted by Crippen LogP contribution is 2.39. The van der Waals surface area contributed by atoms with E-state index in [9.17, 15) is 4.39 Å². The minimum Gasteiger partial charge on any atom is -0.379 e. The van der Waals surface area contributed by atoms with Crippen molar-refractivity contribution < 1.29 is 4.39 Å². The second-order valence-corrected chi connectivity index (χ2v) is 7.62. The van der Waals surface area contributed by atoms with Crippen LogP contribution in [0.2, 0.25) is 5.02 Å². The first-order valence-corrected chi connectivity index (χ1v) is 9.24. The number of nitrogens with two attached hydrogens (primary N) is 1. The number of hydrogen-bond acceptors (Lipinski definition) is 2. The molecule has 0 saturated carbocycles. The lowest BCUT2D eigenvalue weighted by molar-refractivity contribution is 0.312. The molecule has 1 unspecified atom stereocenters. The van der Waals surface area contributed by atoms with Gasteiger partial charge >= 0.3 is 0 Å². The van der Waals surface area contributed by atoms with Gasteiger partial charge in [0.05, 0.1) is 5.69 Å². The number of fused-ring (bicyclic) bond motifs is 1. The average Bonchev–Trinajstić information content (AvgIpc) is 2.59. The molecular formula is C20H26ClFN2. The largest absolute Gasteiger partial charge is 0.379 e. The van der Waals surface area contributed by atoms with Crippen LogP contribution in [0.3, 0.4) is 0 Å². The molecule has 0 amide bonds. The van der Waals surface area contributed by atoms with Crippen molar-refractivity contribution in [3.05, 3.63) is 52.8 Å². The molecule has 1 heterocycles. The quantitative estimate of drug-likeness (QED) is 0.791. The van der Waals surface area contributed by atoms with Crippen LogP contribution in [0, 0.1) is 23.6 Å². The van der Waals surface area contributed by atoms with Crippen LogP contribution in [0.4, 0.5) is 10.1 Å². The lowest BCUT2D eigenvalue weighted by Crippen LogP contribution is -2.41. The van der Waals surface area contributed by atoms with Crippen LogP contribution >= 0.6 is 11.6 Å². The van der Waals surface area contributed by atoms with Gasteiger partial charge in [-0.1, -0.05) is 42.8 Å². The third-order valence-corrected chi connectivity index (χ3v) is 5.56. The van der Waals surface area contributed by atoms with Crippen molar-refractivity contribution in [2.24, 2.45) is 23.5 Å². The van der Waals surface area contributed by atoms with Crippen molar-refractivity contribution in [1.29, 1.82) is 0 Å². The zero-order chi connectivity index (χ0) is 17.1. The van der Waals surface area contributed by atoms with E-state index < -0.39 is 0 Å². The Morgan fingerprint density at radius 2 is 2.21 bits per heavy atom. The average molecular weight is 349 g/mol. The zero-order valence-corrected chi connectivity index (χ0v) is 14.9. The maximum atomic E-state index is 14.4. The monoisotopic (exact) mass is 348 g/mol. The number of halogens is 2. The van der Waals surface area contributed by atoms with Crippen LogP contribution in [0.1, 0.15) is 31.7 Å². The van der Waals surface area contributed by atoms with Gasteiger partial charge in [0, 0.05) is 17.0 Å². The Hall–Kier alpha value is -1.32. The summed E-state index contributed by atoms with van der Waals surface area (Å²) in [6, 6.07) is 3.55. The Balaban J connectivity index is 1.85. The third kappa shape index (κ3) is 3.84. The number of benzene rings is 1. The molecule has 2 nitrogen and oxygen atoms in total. The Labute approximate surface area is 149 Å². The van der Waals surface area contributed by atoms with Gasteiger partial charge < -0.3 is 11.1 Å². The Kier molecular flexibility index (Phi) is 5.62. The molecule has 130 valence electrons. The predicted molar refractivity (Wildman–Crippen MR) is 99.9 cm³/mol. The van der Waals surface area contributed by atoms with Crippen LogP contribution in [0.5, 0.6) is 0 Å². The van der Waals surface area contributed by atoms with Crippen LogP contribution in [-0.2, 0) is 6.42 Å². The molecule has 3 N–H and O–H groups in total. The van der Waals surface area contributed by atoms with Crippen molar-refractivity contribution >= 4 is 17.3 Å². The van der Waals surface area contributed by atoms with E-state index in [-0.39, 0.29) is 11.9 Å². The number of nitrogens with one attached hydrogen (secondary N) is 1. The fourth-order valence-corrected chi connectivity index (χ4v) is 4.09. The van der Waals surface area contributed by atoms with Gasteiger partial charge in [0.2, 0.25) is 0 Å². The summed E-state index contributed by atoms with van der Waals surface area (Å²) in [6.45, 7) is 2.91. The molecule has 0 spiro atoms. The molecule has 2 aliphatic rings. The van der Waals surface area contributed by atoms with Gasteiger partial charge in [-0.25, -0.2) is 4.39 Å². The first kappa shape index (κ1) is 17.5. The lowest BCUT2D eigenvalue weighted by Gasteiger charge is -2.39. The molecule has 1 aliphatic heterocycles. The van der Waals surface area contributed by atoms with Crippen molar-refractivity contribution in [1.82, 2.24) is 0 Å². The van der Waals surface area contributed by atoms with Gasteiger partial charge in [-0.3, -0.25) is 0 Å². The van der Waals surface area contributed by atoms with E-state index in [4.69, 9.17) is 17.3 Å². The summed E-state index contributed by atoms with van der Waals surface area (Å²) in [4.78, 5) is 0. The van der Waals surface area contributed by atoms with E-state index in [1.807, 2.05) is 6.07 Å². The smallest absolute Gasteiger partial charge is 0.148 e. The summed E-state index contributed by atoms with van der Waals surface area (Å²) in [5.74, 6) is 1.14. The molecule has 4 heteroatoms. The predicted octanol–water partition coefficient (Wildman–Crippen LogP) is 4.94. The van der Waals surface area contributed by atoms with Crippen LogP contribution in [0.25, 0.3) is 0 Å². The minimum absolute atomic E-state index is 0.244. The molecule has 4 atom stereocenters. The second-order valence-electron chi connectivity index (χ2n) is 7.19. The van der Waals surface area contributed by atoms with Crippen LogP contribution < -0.4 is 11.1 Å². The zero-order valence-electron chi connectivity index (χ0n) is 14.1. The van der Waals surface area contributed by atoms with Crippen molar-refractivity contribution in [2.45, 2.75) is 38.6 Å². The Morgan fingerprint density at radius 1 is 1.38 bits per heavy atom. The number of rotatable bonds is 5. The Bertz CT molecular complexity index is 641. The van der Waals surface area contributed by atoms with Gasteiger partial charge in [0.25, 0.3) is 0 Å². The molecule has 0 aromatic heterocycles. The number of anilines is 1. The lowest BCUT2D eigenvalue weighted by atomic mass is 9.75. The fraction of sp³-hybridized carbons (Fsp3) is 0.500. The first-order chi connectivity index (χ1) is 11.6. The first-order valence-electron chi connectivity index (χ1n) is 8.86. The SMILES string of the molecule is C[C@@H](CN)CC[C@@H]1Cc2cc(Cl)cc(F)c2NC1[C@@H]1C=CC=CC1. The molecule has 0 fully saturated rings. The Morgan fingerprint density at radius 3 is 2.92 bits per heavy atom. The number of allylic oxidation sites excluding steroid dienone is 3. The molecule has 3 rings (SSSR count).